The number of carboxylic acids is 1. The predicted molar refractivity (Wildman–Crippen MR) is 67.1 cm³/mol. The predicted octanol–water partition coefficient (Wildman–Crippen LogP) is 2.58. The van der Waals surface area contributed by atoms with Crippen molar-refractivity contribution < 1.29 is 15.0 Å². The van der Waals surface area contributed by atoms with Gasteiger partial charge < -0.3 is 10.2 Å². The van der Waals surface area contributed by atoms with Crippen molar-refractivity contribution >= 4 is 5.97 Å². The average molecular weight is 236 g/mol. The molecule has 1 unspecified atom stereocenters. The van der Waals surface area contributed by atoms with E-state index < -0.39 is 18.0 Å². The zero-order valence-corrected chi connectivity index (χ0v) is 10.4. The fourth-order valence-corrected chi connectivity index (χ4v) is 1.90. The van der Waals surface area contributed by atoms with Gasteiger partial charge in [0.2, 0.25) is 0 Å². The summed E-state index contributed by atoms with van der Waals surface area (Å²) in [5.41, 5.74) is 1.87. The molecular weight excluding hydrogens is 216 g/mol. The summed E-state index contributed by atoms with van der Waals surface area (Å²) in [6.45, 7) is 3.64. The monoisotopic (exact) mass is 236 g/mol. The summed E-state index contributed by atoms with van der Waals surface area (Å²) in [4.78, 5) is 11.0. The van der Waals surface area contributed by atoms with E-state index in [0.717, 1.165) is 19.3 Å². The molecule has 1 rings (SSSR count). The molecule has 0 bridgehead atoms. The van der Waals surface area contributed by atoms with Crippen molar-refractivity contribution in [1.82, 2.24) is 0 Å². The van der Waals surface area contributed by atoms with E-state index in [2.05, 4.69) is 6.92 Å². The van der Waals surface area contributed by atoms with Crippen LogP contribution in [0.2, 0.25) is 0 Å². The zero-order chi connectivity index (χ0) is 12.8. The molecule has 0 heterocycles. The minimum absolute atomic E-state index is 0.660. The molecule has 0 saturated heterocycles. The largest absolute Gasteiger partial charge is 0.481 e. The number of carbonyl (C=O) groups is 1. The van der Waals surface area contributed by atoms with Crippen LogP contribution in [0.15, 0.2) is 24.3 Å². The van der Waals surface area contributed by atoms with Crippen molar-refractivity contribution in [2.45, 2.75) is 45.1 Å². The van der Waals surface area contributed by atoms with E-state index in [0.29, 0.717) is 5.56 Å². The molecule has 2 N–H and O–H groups in total. The van der Waals surface area contributed by atoms with Gasteiger partial charge in [-0.15, -0.1) is 0 Å². The molecule has 94 valence electrons. The average Bonchev–Trinajstić information content (AvgIpc) is 2.27. The van der Waals surface area contributed by atoms with Crippen LogP contribution in [-0.4, -0.2) is 22.3 Å². The number of rotatable bonds is 6. The fourth-order valence-electron chi connectivity index (χ4n) is 1.90. The third-order valence-electron chi connectivity index (χ3n) is 2.91. The Morgan fingerprint density at radius 3 is 2.29 bits per heavy atom. The molecule has 1 aromatic carbocycles. The third-order valence-corrected chi connectivity index (χ3v) is 2.91. The Labute approximate surface area is 102 Å². The van der Waals surface area contributed by atoms with E-state index in [4.69, 9.17) is 5.11 Å². The van der Waals surface area contributed by atoms with Gasteiger partial charge in [0, 0.05) is 0 Å². The van der Waals surface area contributed by atoms with Crippen LogP contribution in [0.25, 0.3) is 0 Å². The summed E-state index contributed by atoms with van der Waals surface area (Å²) < 4.78 is 0. The first-order chi connectivity index (χ1) is 8.06. The van der Waals surface area contributed by atoms with Gasteiger partial charge in [-0.2, -0.15) is 0 Å². The van der Waals surface area contributed by atoms with Crippen molar-refractivity contribution in [1.29, 1.82) is 0 Å². The fraction of sp³-hybridized carbons (Fsp3) is 0.500. The molecule has 0 fully saturated rings. The lowest BCUT2D eigenvalue weighted by Crippen LogP contribution is -2.23. The third kappa shape index (κ3) is 3.86. The normalized spacial score (nSPS) is 14.3. The van der Waals surface area contributed by atoms with Gasteiger partial charge in [0.15, 0.2) is 0 Å². The van der Waals surface area contributed by atoms with Crippen LogP contribution in [0.5, 0.6) is 0 Å². The number of aliphatic hydroxyl groups excluding tert-OH is 1. The highest BCUT2D eigenvalue weighted by atomic mass is 16.4. The van der Waals surface area contributed by atoms with Gasteiger partial charge in [0.05, 0.1) is 6.10 Å². The lowest BCUT2D eigenvalue weighted by Gasteiger charge is -2.16. The van der Waals surface area contributed by atoms with E-state index in [-0.39, 0.29) is 0 Å². The standard InChI is InChI=1S/C14H20O3/c1-3-4-5-11-6-8-12(9-7-11)13(10(2)15)14(16)17/h6-10,13,15H,3-5H2,1-2H3,(H,16,17)/t10-,13?/m1/s1. The second kappa shape index (κ2) is 6.40. The topological polar surface area (TPSA) is 57.5 Å². The highest BCUT2D eigenvalue weighted by molar-refractivity contribution is 5.76. The number of aliphatic hydroxyl groups is 1. The summed E-state index contributed by atoms with van der Waals surface area (Å²) in [6.07, 6.45) is 2.42. The van der Waals surface area contributed by atoms with Crippen molar-refractivity contribution in [3.05, 3.63) is 35.4 Å². The highest BCUT2D eigenvalue weighted by Crippen LogP contribution is 2.21. The van der Waals surface area contributed by atoms with E-state index in [1.165, 1.54) is 12.5 Å². The first kappa shape index (κ1) is 13.7. The van der Waals surface area contributed by atoms with Crippen molar-refractivity contribution in [3.8, 4) is 0 Å². The second-order valence-electron chi connectivity index (χ2n) is 4.40. The quantitative estimate of drug-likeness (QED) is 0.798. The number of unbranched alkanes of at least 4 members (excludes halogenated alkanes) is 1. The smallest absolute Gasteiger partial charge is 0.313 e. The van der Waals surface area contributed by atoms with Crippen LogP contribution in [0.1, 0.15) is 43.7 Å². The van der Waals surface area contributed by atoms with Gasteiger partial charge in [-0.1, -0.05) is 37.6 Å². The van der Waals surface area contributed by atoms with Crippen molar-refractivity contribution in [3.63, 3.8) is 0 Å². The number of aliphatic carboxylic acids is 1. The van der Waals surface area contributed by atoms with Gasteiger partial charge in [0.1, 0.15) is 5.92 Å². The number of aryl methyl sites for hydroxylation is 1. The van der Waals surface area contributed by atoms with Gasteiger partial charge in [-0.25, -0.2) is 0 Å². The first-order valence-corrected chi connectivity index (χ1v) is 6.06. The molecule has 0 aliphatic heterocycles. The van der Waals surface area contributed by atoms with E-state index in [1.807, 2.05) is 12.1 Å². The maximum Gasteiger partial charge on any atom is 0.313 e. The van der Waals surface area contributed by atoms with Crippen LogP contribution in [-0.2, 0) is 11.2 Å². The molecule has 0 aliphatic rings. The van der Waals surface area contributed by atoms with Crippen LogP contribution >= 0.6 is 0 Å². The molecule has 2 atom stereocenters. The maximum absolute atomic E-state index is 11.0. The van der Waals surface area contributed by atoms with Gasteiger partial charge in [-0.05, 0) is 30.9 Å². The number of carboxylic acid groups (broad SMARTS) is 1. The number of hydrogen-bond acceptors (Lipinski definition) is 2. The van der Waals surface area contributed by atoms with E-state index in [1.54, 1.807) is 12.1 Å². The molecule has 1 aromatic rings. The summed E-state index contributed by atoms with van der Waals surface area (Å²) in [5, 5.41) is 18.5. The molecule has 0 radical (unpaired) electrons. The molecule has 3 nitrogen and oxygen atoms in total. The van der Waals surface area contributed by atoms with Crippen molar-refractivity contribution in [2.24, 2.45) is 0 Å². The van der Waals surface area contributed by atoms with Crippen LogP contribution in [0.3, 0.4) is 0 Å². The lowest BCUT2D eigenvalue weighted by atomic mass is 9.93. The Morgan fingerprint density at radius 1 is 1.29 bits per heavy atom. The van der Waals surface area contributed by atoms with Crippen LogP contribution in [0.4, 0.5) is 0 Å². The van der Waals surface area contributed by atoms with Gasteiger partial charge >= 0.3 is 5.97 Å². The summed E-state index contributed by atoms with van der Waals surface area (Å²) in [6, 6.07) is 7.50. The Hall–Kier alpha value is -1.35. The zero-order valence-electron chi connectivity index (χ0n) is 10.4. The van der Waals surface area contributed by atoms with Crippen LogP contribution < -0.4 is 0 Å². The summed E-state index contributed by atoms with van der Waals surface area (Å²) in [7, 11) is 0. The minimum Gasteiger partial charge on any atom is -0.481 e. The summed E-state index contributed by atoms with van der Waals surface area (Å²) >= 11 is 0. The molecular formula is C14H20O3. The highest BCUT2D eigenvalue weighted by Gasteiger charge is 2.24. The van der Waals surface area contributed by atoms with Crippen LogP contribution in [0, 0.1) is 0 Å². The molecule has 3 heteroatoms. The molecule has 17 heavy (non-hydrogen) atoms. The first-order valence-electron chi connectivity index (χ1n) is 6.06. The number of hydrogen-bond donors (Lipinski definition) is 2. The number of benzene rings is 1. The molecule has 0 aliphatic carbocycles. The Morgan fingerprint density at radius 2 is 1.88 bits per heavy atom. The van der Waals surface area contributed by atoms with Gasteiger partial charge in [0.25, 0.3) is 0 Å². The maximum atomic E-state index is 11.0. The second-order valence-corrected chi connectivity index (χ2v) is 4.40. The summed E-state index contributed by atoms with van der Waals surface area (Å²) in [5.74, 6) is -1.82. The molecule has 0 amide bonds. The molecule has 0 saturated carbocycles. The Balaban J connectivity index is 2.81. The molecule has 0 aromatic heterocycles. The van der Waals surface area contributed by atoms with E-state index >= 15 is 0 Å². The van der Waals surface area contributed by atoms with Crippen molar-refractivity contribution in [2.75, 3.05) is 0 Å². The van der Waals surface area contributed by atoms with Gasteiger partial charge in [-0.3, -0.25) is 4.79 Å². The Bertz CT molecular complexity index is 354. The molecule has 0 spiro atoms. The SMILES string of the molecule is CCCCc1ccc(C(C(=O)O)[C@@H](C)O)cc1. The minimum atomic E-state index is -0.985. The van der Waals surface area contributed by atoms with E-state index in [9.17, 15) is 9.90 Å². The Kier molecular flexibility index (Phi) is 5.16. The lowest BCUT2D eigenvalue weighted by molar-refractivity contribution is -0.141.